The van der Waals surface area contributed by atoms with Crippen LogP contribution in [0.25, 0.3) is 0 Å². The van der Waals surface area contributed by atoms with Crippen molar-refractivity contribution in [2.24, 2.45) is 0 Å². The van der Waals surface area contributed by atoms with Crippen molar-refractivity contribution >= 4 is 18.3 Å². The highest BCUT2D eigenvalue weighted by Gasteiger charge is 2.39. The van der Waals surface area contributed by atoms with Gasteiger partial charge in [-0.15, -0.1) is 12.4 Å². The average molecular weight is 365 g/mol. The van der Waals surface area contributed by atoms with Crippen LogP contribution < -0.4 is 5.32 Å². The molecular weight excluding hydrogens is 345 g/mol. The van der Waals surface area contributed by atoms with Gasteiger partial charge in [-0.1, -0.05) is 0 Å². The van der Waals surface area contributed by atoms with Crippen LogP contribution in [-0.4, -0.2) is 66.0 Å². The highest BCUT2D eigenvalue weighted by molar-refractivity contribution is 5.94. The summed E-state index contributed by atoms with van der Waals surface area (Å²) >= 11 is 0. The first-order valence-electron chi connectivity index (χ1n) is 7.73. The maximum Gasteiger partial charge on any atom is 0.418 e. The molecule has 0 aliphatic carbocycles. The summed E-state index contributed by atoms with van der Waals surface area (Å²) in [6.07, 6.45) is -2.55. The summed E-state index contributed by atoms with van der Waals surface area (Å²) in [5.41, 5.74) is -1.46. The molecule has 1 aromatic heterocycles. The quantitative estimate of drug-likeness (QED) is 0.866. The summed E-state index contributed by atoms with van der Waals surface area (Å²) in [7, 11) is 0. The van der Waals surface area contributed by atoms with Gasteiger partial charge in [-0.25, -0.2) is 0 Å². The molecule has 134 valence electrons. The smallest absolute Gasteiger partial charge is 0.336 e. The molecule has 9 heteroatoms. The summed E-state index contributed by atoms with van der Waals surface area (Å²) in [6, 6.07) is 2.33. The van der Waals surface area contributed by atoms with Crippen molar-refractivity contribution in [3.8, 4) is 0 Å². The van der Waals surface area contributed by atoms with E-state index in [0.717, 1.165) is 38.7 Å². The zero-order valence-electron chi connectivity index (χ0n) is 13.1. The number of carbonyl (C=O) groups excluding carboxylic acids is 1. The Labute approximate surface area is 144 Å². The maximum absolute atomic E-state index is 13.0. The highest BCUT2D eigenvalue weighted by Crippen LogP contribution is 2.32. The molecule has 0 saturated carbocycles. The van der Waals surface area contributed by atoms with Crippen molar-refractivity contribution in [2.45, 2.75) is 18.6 Å². The molecule has 0 aromatic carbocycles. The number of hydrogen-bond acceptors (Lipinski definition) is 4. The van der Waals surface area contributed by atoms with Gasteiger partial charge in [0.1, 0.15) is 5.69 Å². The number of aromatic nitrogens is 1. The normalized spacial score (nSPS) is 22.3. The van der Waals surface area contributed by atoms with E-state index < -0.39 is 23.3 Å². The Balaban J connectivity index is 0.00000208. The van der Waals surface area contributed by atoms with Crippen molar-refractivity contribution in [3.63, 3.8) is 0 Å². The largest absolute Gasteiger partial charge is 0.418 e. The predicted molar refractivity (Wildman–Crippen MR) is 85.2 cm³/mol. The van der Waals surface area contributed by atoms with Crippen molar-refractivity contribution in [2.75, 3.05) is 39.3 Å². The second-order valence-electron chi connectivity index (χ2n) is 5.88. The zero-order valence-corrected chi connectivity index (χ0v) is 13.9. The number of hydrogen-bond donors (Lipinski definition) is 1. The Morgan fingerprint density at radius 2 is 1.96 bits per heavy atom. The average Bonchev–Trinajstić information content (AvgIpc) is 3.04. The Morgan fingerprint density at radius 1 is 1.25 bits per heavy atom. The maximum atomic E-state index is 13.0. The van der Waals surface area contributed by atoms with E-state index >= 15 is 0 Å². The van der Waals surface area contributed by atoms with E-state index in [2.05, 4.69) is 15.2 Å². The third-order valence-corrected chi connectivity index (χ3v) is 4.43. The minimum Gasteiger partial charge on any atom is -0.336 e. The van der Waals surface area contributed by atoms with Crippen LogP contribution in [0.3, 0.4) is 0 Å². The number of carbonyl (C=O) groups is 1. The number of nitrogens with zero attached hydrogens (tertiary/aromatic N) is 3. The van der Waals surface area contributed by atoms with Crippen molar-refractivity contribution < 1.29 is 18.0 Å². The van der Waals surface area contributed by atoms with E-state index in [1.165, 1.54) is 17.2 Å². The minimum atomic E-state index is -4.57. The Bertz CT molecular complexity index is 578. The van der Waals surface area contributed by atoms with Crippen LogP contribution in [0, 0.1) is 0 Å². The van der Waals surface area contributed by atoms with Crippen molar-refractivity contribution in [3.05, 3.63) is 29.6 Å². The molecular formula is C15H20ClF3N4O. The number of likely N-dealkylation sites (tertiary alicyclic amines) is 1. The first kappa shape index (κ1) is 19.0. The van der Waals surface area contributed by atoms with E-state index in [4.69, 9.17) is 0 Å². The van der Waals surface area contributed by atoms with Gasteiger partial charge in [0.2, 0.25) is 0 Å². The summed E-state index contributed by atoms with van der Waals surface area (Å²) in [5, 5.41) is 3.26. The molecule has 2 aliphatic rings. The van der Waals surface area contributed by atoms with Crippen LogP contribution in [0.4, 0.5) is 13.2 Å². The lowest BCUT2D eigenvalue weighted by Crippen LogP contribution is -2.49. The first-order chi connectivity index (χ1) is 11.0. The van der Waals surface area contributed by atoms with Crippen LogP contribution >= 0.6 is 12.4 Å². The second-order valence-corrected chi connectivity index (χ2v) is 5.88. The number of amides is 1. The van der Waals surface area contributed by atoms with Gasteiger partial charge >= 0.3 is 6.18 Å². The van der Waals surface area contributed by atoms with Gasteiger partial charge in [0.25, 0.3) is 5.91 Å². The second kappa shape index (κ2) is 7.67. The lowest BCUT2D eigenvalue weighted by atomic mass is 10.1. The van der Waals surface area contributed by atoms with Gasteiger partial charge in [0.05, 0.1) is 5.56 Å². The number of alkyl halides is 3. The van der Waals surface area contributed by atoms with E-state index in [1.807, 2.05) is 0 Å². The first-order valence-corrected chi connectivity index (χ1v) is 7.73. The standard InChI is InChI=1S/C15H19F3N4O.ClH/c16-15(17,18)12-2-1-4-20-13(12)14(23)22-7-3-11(10-22)21-8-5-19-6-9-21;/h1-2,4,11,19H,3,5-10H2;1H. The summed E-state index contributed by atoms with van der Waals surface area (Å²) < 4.78 is 39.1. The summed E-state index contributed by atoms with van der Waals surface area (Å²) in [5.74, 6) is -0.629. The van der Waals surface area contributed by atoms with Crippen LogP contribution in [0.5, 0.6) is 0 Å². The predicted octanol–water partition coefficient (Wildman–Crippen LogP) is 1.64. The van der Waals surface area contributed by atoms with Gasteiger partial charge in [-0.05, 0) is 18.6 Å². The Kier molecular flexibility index (Phi) is 6.06. The molecule has 3 heterocycles. The molecule has 1 atom stereocenters. The SMILES string of the molecule is Cl.O=C(c1ncccc1C(F)(F)F)N1CCC(N2CCNCC2)C1. The van der Waals surface area contributed by atoms with E-state index in [0.29, 0.717) is 13.1 Å². The number of rotatable bonds is 2. The molecule has 0 bridgehead atoms. The lowest BCUT2D eigenvalue weighted by Gasteiger charge is -2.32. The molecule has 24 heavy (non-hydrogen) atoms. The molecule has 0 spiro atoms. The van der Waals surface area contributed by atoms with E-state index in [1.54, 1.807) is 0 Å². The zero-order chi connectivity index (χ0) is 16.4. The Morgan fingerprint density at radius 3 is 2.62 bits per heavy atom. The molecule has 1 unspecified atom stereocenters. The number of pyridine rings is 1. The van der Waals surface area contributed by atoms with Gasteiger partial charge in [-0.3, -0.25) is 14.7 Å². The molecule has 2 saturated heterocycles. The van der Waals surface area contributed by atoms with Gasteiger partial charge in [0, 0.05) is 51.5 Å². The number of halogens is 4. The van der Waals surface area contributed by atoms with E-state index in [9.17, 15) is 18.0 Å². The van der Waals surface area contributed by atoms with Crippen LogP contribution in [0.15, 0.2) is 18.3 Å². The molecule has 0 radical (unpaired) electrons. The summed E-state index contributed by atoms with van der Waals surface area (Å²) in [4.78, 5) is 20.0. The third-order valence-electron chi connectivity index (χ3n) is 4.43. The molecule has 1 amide bonds. The lowest BCUT2D eigenvalue weighted by molar-refractivity contribution is -0.138. The fourth-order valence-corrected chi connectivity index (χ4v) is 3.23. The molecule has 2 fully saturated rings. The van der Waals surface area contributed by atoms with Gasteiger partial charge < -0.3 is 10.2 Å². The van der Waals surface area contributed by atoms with Gasteiger partial charge in [0.15, 0.2) is 0 Å². The van der Waals surface area contributed by atoms with Crippen molar-refractivity contribution in [1.82, 2.24) is 20.1 Å². The number of piperazine rings is 1. The van der Waals surface area contributed by atoms with Crippen LogP contribution in [0.1, 0.15) is 22.5 Å². The van der Waals surface area contributed by atoms with Crippen molar-refractivity contribution in [1.29, 1.82) is 0 Å². The Hall–Kier alpha value is -1.38. The fraction of sp³-hybridized carbons (Fsp3) is 0.600. The topological polar surface area (TPSA) is 48.5 Å². The van der Waals surface area contributed by atoms with Crippen LogP contribution in [0.2, 0.25) is 0 Å². The van der Waals surface area contributed by atoms with Crippen LogP contribution in [-0.2, 0) is 6.18 Å². The summed E-state index contributed by atoms with van der Waals surface area (Å²) in [6.45, 7) is 4.56. The highest BCUT2D eigenvalue weighted by atomic mass is 35.5. The molecule has 1 N–H and O–H groups in total. The molecule has 5 nitrogen and oxygen atoms in total. The monoisotopic (exact) mass is 364 g/mol. The molecule has 3 rings (SSSR count). The van der Waals surface area contributed by atoms with Gasteiger partial charge in [-0.2, -0.15) is 13.2 Å². The number of nitrogens with one attached hydrogen (secondary N) is 1. The molecule has 2 aliphatic heterocycles. The van der Waals surface area contributed by atoms with E-state index in [-0.39, 0.29) is 18.4 Å². The third kappa shape index (κ3) is 3.99. The molecule has 1 aromatic rings. The fourth-order valence-electron chi connectivity index (χ4n) is 3.23. The minimum absolute atomic E-state index is 0.